The van der Waals surface area contributed by atoms with E-state index >= 15 is 0 Å². The molecule has 0 atom stereocenters. The van der Waals surface area contributed by atoms with Crippen LogP contribution in [0.5, 0.6) is 5.75 Å². The fraction of sp³-hybridized carbons (Fsp3) is 0.655. The van der Waals surface area contributed by atoms with Crippen molar-refractivity contribution in [3.63, 3.8) is 0 Å². The van der Waals surface area contributed by atoms with E-state index in [1.165, 1.54) is 57.2 Å². The molecule has 0 aromatic carbocycles. The molecule has 3 fully saturated rings. The zero-order valence-electron chi connectivity index (χ0n) is 23.4. The summed E-state index contributed by atoms with van der Waals surface area (Å²) in [5.74, 6) is 2.30. The maximum absolute atomic E-state index is 5.96. The van der Waals surface area contributed by atoms with E-state index < -0.39 is 0 Å². The molecule has 3 aromatic rings. The molecule has 0 unspecified atom stereocenters. The molecule has 10 nitrogen and oxygen atoms in total. The van der Waals surface area contributed by atoms with Crippen molar-refractivity contribution in [2.24, 2.45) is 5.41 Å². The van der Waals surface area contributed by atoms with E-state index in [9.17, 15) is 0 Å². The van der Waals surface area contributed by atoms with Gasteiger partial charge in [-0.1, -0.05) is 13.3 Å². The minimum absolute atomic E-state index is 0.244. The van der Waals surface area contributed by atoms with Gasteiger partial charge >= 0.3 is 0 Å². The van der Waals surface area contributed by atoms with E-state index in [4.69, 9.17) is 20.2 Å². The van der Waals surface area contributed by atoms with Gasteiger partial charge in [-0.25, -0.2) is 4.98 Å². The fourth-order valence-electron chi connectivity index (χ4n) is 6.80. The zero-order valence-corrected chi connectivity index (χ0v) is 23.4. The second-order valence-corrected chi connectivity index (χ2v) is 11.7. The smallest absolute Gasteiger partial charge is 0.222 e. The Labute approximate surface area is 230 Å². The Morgan fingerprint density at radius 2 is 1.92 bits per heavy atom. The van der Waals surface area contributed by atoms with Crippen LogP contribution in [0, 0.1) is 5.41 Å². The topological polar surface area (TPSA) is 116 Å². The van der Waals surface area contributed by atoms with Crippen LogP contribution < -0.4 is 15.8 Å². The predicted molar refractivity (Wildman–Crippen MR) is 152 cm³/mol. The Bertz CT molecular complexity index is 1270. The van der Waals surface area contributed by atoms with Crippen molar-refractivity contribution in [3.05, 3.63) is 29.7 Å². The van der Waals surface area contributed by atoms with Crippen LogP contribution in [-0.4, -0.2) is 75.6 Å². The molecule has 5 heterocycles. The van der Waals surface area contributed by atoms with Gasteiger partial charge in [0.2, 0.25) is 5.95 Å². The number of nitrogens with two attached hydrogens (primary N) is 1. The maximum atomic E-state index is 5.96. The first kappa shape index (κ1) is 26.3. The summed E-state index contributed by atoms with van der Waals surface area (Å²) >= 11 is 0. The molecule has 0 radical (unpaired) electrons. The first-order chi connectivity index (χ1) is 19.1. The SMILES string of the molecule is CCCCNc1nc(N)nc2cnn(Cc3ncc(C4CCC5(CC4)CN(C4CCOCC4)C5)cc3OC)c12. The first-order valence-electron chi connectivity index (χ1n) is 14.6. The quantitative estimate of drug-likeness (QED) is 0.389. The number of fused-ring (bicyclic) bond motifs is 1. The molecule has 1 saturated carbocycles. The van der Waals surface area contributed by atoms with Crippen LogP contribution in [-0.2, 0) is 11.3 Å². The minimum atomic E-state index is 0.244. The number of anilines is 2. The predicted octanol–water partition coefficient (Wildman–Crippen LogP) is 4.21. The standard InChI is InChI=1S/C29H42N8O2/c1-3-4-11-31-27-26-23(34-28(30)35-27)16-33-37(26)17-24-25(38-2)14-21(15-32-24)20-5-9-29(10-6-20)18-36(19-29)22-7-12-39-13-8-22/h14-16,20,22H,3-13,17-19H2,1-2H3,(H3,30,31,34,35). The Morgan fingerprint density at radius 3 is 2.67 bits per heavy atom. The number of nitrogens with zero attached hydrogens (tertiary/aromatic N) is 6. The second-order valence-electron chi connectivity index (χ2n) is 11.7. The number of aromatic nitrogens is 5. The van der Waals surface area contributed by atoms with Gasteiger partial charge in [-0.05, 0) is 67.9 Å². The summed E-state index contributed by atoms with van der Waals surface area (Å²) < 4.78 is 13.3. The summed E-state index contributed by atoms with van der Waals surface area (Å²) in [7, 11) is 1.72. The number of ether oxygens (including phenoxy) is 2. The highest BCUT2D eigenvalue weighted by molar-refractivity contribution is 5.86. The van der Waals surface area contributed by atoms with E-state index in [0.717, 1.165) is 61.1 Å². The third-order valence-electron chi connectivity index (χ3n) is 9.10. The molecule has 39 heavy (non-hydrogen) atoms. The number of nitrogen functional groups attached to an aromatic ring is 1. The van der Waals surface area contributed by atoms with E-state index in [1.54, 1.807) is 13.3 Å². The van der Waals surface area contributed by atoms with Gasteiger partial charge in [-0.3, -0.25) is 14.6 Å². The Balaban J connectivity index is 1.13. The molecule has 1 spiro atoms. The third kappa shape index (κ3) is 5.41. The van der Waals surface area contributed by atoms with Gasteiger partial charge in [0, 0.05) is 45.1 Å². The number of pyridine rings is 1. The lowest BCUT2D eigenvalue weighted by Crippen LogP contribution is -2.61. The van der Waals surface area contributed by atoms with Crippen molar-refractivity contribution in [1.29, 1.82) is 0 Å². The van der Waals surface area contributed by atoms with Crippen LogP contribution in [0.15, 0.2) is 18.5 Å². The molecule has 1 aliphatic carbocycles. The molecular formula is C29H42N8O2. The van der Waals surface area contributed by atoms with Crippen LogP contribution in [0.2, 0.25) is 0 Å². The van der Waals surface area contributed by atoms with Gasteiger partial charge in [0.1, 0.15) is 22.5 Å². The van der Waals surface area contributed by atoms with Crippen molar-refractivity contribution >= 4 is 22.8 Å². The van der Waals surface area contributed by atoms with Gasteiger partial charge in [-0.15, -0.1) is 0 Å². The van der Waals surface area contributed by atoms with Crippen LogP contribution >= 0.6 is 0 Å². The third-order valence-corrected chi connectivity index (χ3v) is 9.10. The lowest BCUT2D eigenvalue weighted by molar-refractivity contribution is -0.0827. The molecule has 2 aliphatic heterocycles. The average molecular weight is 535 g/mol. The molecule has 3 aromatic heterocycles. The van der Waals surface area contributed by atoms with E-state index in [0.29, 0.717) is 23.7 Å². The highest BCUT2D eigenvalue weighted by Crippen LogP contribution is 2.49. The maximum Gasteiger partial charge on any atom is 0.222 e. The zero-order chi connectivity index (χ0) is 26.8. The summed E-state index contributed by atoms with van der Waals surface area (Å²) in [5, 5.41) is 8.00. The number of nitrogens with one attached hydrogen (secondary N) is 1. The number of hydrogen-bond acceptors (Lipinski definition) is 9. The Hall–Kier alpha value is -2.98. The van der Waals surface area contributed by atoms with Gasteiger partial charge in [0.25, 0.3) is 0 Å². The van der Waals surface area contributed by atoms with Crippen LogP contribution in [0.1, 0.15) is 75.5 Å². The summed E-state index contributed by atoms with van der Waals surface area (Å²) in [6.45, 7) is 7.85. The molecule has 0 amide bonds. The van der Waals surface area contributed by atoms with Gasteiger partial charge < -0.3 is 20.5 Å². The minimum Gasteiger partial charge on any atom is -0.495 e. The molecule has 10 heteroatoms. The molecule has 6 rings (SSSR count). The highest BCUT2D eigenvalue weighted by atomic mass is 16.5. The van der Waals surface area contributed by atoms with Crippen molar-refractivity contribution in [2.75, 3.05) is 51.0 Å². The van der Waals surface area contributed by atoms with Crippen molar-refractivity contribution in [1.82, 2.24) is 29.6 Å². The molecule has 210 valence electrons. The monoisotopic (exact) mass is 534 g/mol. The van der Waals surface area contributed by atoms with E-state index in [2.05, 4.69) is 44.5 Å². The lowest BCUT2D eigenvalue weighted by Gasteiger charge is -2.56. The summed E-state index contributed by atoms with van der Waals surface area (Å²) in [6.07, 6.45) is 13.4. The van der Waals surface area contributed by atoms with Crippen molar-refractivity contribution in [3.8, 4) is 5.75 Å². The molecular weight excluding hydrogens is 492 g/mol. The summed E-state index contributed by atoms with van der Waals surface area (Å²) in [4.78, 5) is 16.4. The first-order valence-corrected chi connectivity index (χ1v) is 14.6. The number of likely N-dealkylation sites (tertiary alicyclic amines) is 1. The summed E-state index contributed by atoms with van der Waals surface area (Å²) in [6, 6.07) is 2.93. The normalized spacial score (nSPS) is 20.4. The Kier molecular flexibility index (Phi) is 7.57. The van der Waals surface area contributed by atoms with Crippen molar-refractivity contribution in [2.45, 2.75) is 76.8 Å². The average Bonchev–Trinajstić information content (AvgIpc) is 3.35. The lowest BCUT2D eigenvalue weighted by atomic mass is 9.64. The van der Waals surface area contributed by atoms with Crippen molar-refractivity contribution < 1.29 is 9.47 Å². The van der Waals surface area contributed by atoms with Gasteiger partial charge in [-0.2, -0.15) is 10.1 Å². The fourth-order valence-corrected chi connectivity index (χ4v) is 6.80. The second kappa shape index (κ2) is 11.3. The molecule has 3 aliphatic rings. The molecule has 2 saturated heterocycles. The highest BCUT2D eigenvalue weighted by Gasteiger charge is 2.47. The van der Waals surface area contributed by atoms with Crippen LogP contribution in [0.25, 0.3) is 11.0 Å². The largest absolute Gasteiger partial charge is 0.495 e. The van der Waals surface area contributed by atoms with E-state index in [1.807, 2.05) is 4.68 Å². The molecule has 3 N–H and O–H groups in total. The number of methoxy groups -OCH3 is 1. The Morgan fingerprint density at radius 1 is 1.13 bits per heavy atom. The van der Waals surface area contributed by atoms with Crippen LogP contribution in [0.3, 0.4) is 0 Å². The van der Waals surface area contributed by atoms with Crippen LogP contribution in [0.4, 0.5) is 11.8 Å². The van der Waals surface area contributed by atoms with Gasteiger partial charge in [0.05, 0.1) is 19.9 Å². The van der Waals surface area contributed by atoms with E-state index in [-0.39, 0.29) is 5.95 Å². The van der Waals surface area contributed by atoms with Gasteiger partial charge in [0.15, 0.2) is 5.82 Å². The number of hydrogen-bond donors (Lipinski definition) is 2. The summed E-state index contributed by atoms with van der Waals surface area (Å²) in [5.41, 5.74) is 10.2. The number of rotatable bonds is 9. The number of unbranched alkanes of at least 4 members (excludes halogenated alkanes) is 1. The molecule has 0 bridgehead atoms.